The fourth-order valence-corrected chi connectivity index (χ4v) is 2.67. The fraction of sp³-hybridized carbons (Fsp3) is 0.538. The lowest BCUT2D eigenvalue weighted by Gasteiger charge is -2.26. The summed E-state index contributed by atoms with van der Waals surface area (Å²) in [5, 5.41) is 12.6. The maximum atomic E-state index is 12.1. The number of hydrogen-bond acceptors (Lipinski definition) is 4. The first-order chi connectivity index (χ1) is 9.06. The molecule has 6 heteroatoms. The molecule has 1 aromatic rings. The number of aromatic nitrogens is 1. The summed E-state index contributed by atoms with van der Waals surface area (Å²) < 4.78 is 0. The number of nitrogens with one attached hydrogen (secondary N) is 1. The summed E-state index contributed by atoms with van der Waals surface area (Å²) in [6, 6.07) is 1.45. The van der Waals surface area contributed by atoms with E-state index in [-0.39, 0.29) is 23.1 Å². The Labute approximate surface area is 117 Å². The summed E-state index contributed by atoms with van der Waals surface area (Å²) >= 11 is 5.76. The number of rotatable bonds is 4. The molecule has 1 aromatic heterocycles. The van der Waals surface area contributed by atoms with Crippen LogP contribution in [0.15, 0.2) is 12.3 Å². The van der Waals surface area contributed by atoms with Crippen LogP contribution in [0.1, 0.15) is 36.0 Å². The summed E-state index contributed by atoms with van der Waals surface area (Å²) in [6.45, 7) is 0.557. The Hall–Kier alpha value is -1.33. The molecular weight excluding hydrogens is 266 g/mol. The topological polar surface area (TPSA) is 88.2 Å². The number of carbonyl (C=O) groups excluding carboxylic acids is 1. The number of anilines is 1. The number of aliphatic hydroxyl groups is 1. The number of carbonyl (C=O) groups is 1. The molecule has 4 N–H and O–H groups in total. The van der Waals surface area contributed by atoms with Crippen LogP contribution < -0.4 is 11.1 Å². The van der Waals surface area contributed by atoms with E-state index in [1.807, 2.05) is 0 Å². The first-order valence-electron chi connectivity index (χ1n) is 6.36. The molecule has 19 heavy (non-hydrogen) atoms. The van der Waals surface area contributed by atoms with Crippen LogP contribution in [0.5, 0.6) is 0 Å². The molecule has 0 aromatic carbocycles. The second-order valence-electron chi connectivity index (χ2n) is 5.14. The molecule has 1 aliphatic rings. The molecule has 0 saturated heterocycles. The van der Waals surface area contributed by atoms with Crippen molar-refractivity contribution in [1.82, 2.24) is 10.3 Å². The number of nitrogens with zero attached hydrogens (tertiary/aromatic N) is 1. The molecule has 0 spiro atoms. The standard InChI is InChI=1S/C13H18ClN3O2/c14-11-5-9(10(15)6-16-11)12(19)17-7-13(8-18)3-1-2-4-13/h5-6,18H,1-4,7-8,15H2,(H,17,19). The van der Waals surface area contributed by atoms with E-state index in [1.165, 1.54) is 12.3 Å². The largest absolute Gasteiger partial charge is 0.397 e. The molecule has 1 saturated carbocycles. The van der Waals surface area contributed by atoms with Crippen LogP contribution in [0.4, 0.5) is 5.69 Å². The summed E-state index contributed by atoms with van der Waals surface area (Å²) in [5.74, 6) is -0.276. The lowest BCUT2D eigenvalue weighted by molar-refractivity contribution is 0.0881. The van der Waals surface area contributed by atoms with Gasteiger partial charge in [0.15, 0.2) is 0 Å². The van der Waals surface area contributed by atoms with Crippen molar-refractivity contribution in [3.63, 3.8) is 0 Å². The van der Waals surface area contributed by atoms with E-state index in [0.717, 1.165) is 25.7 Å². The van der Waals surface area contributed by atoms with Gasteiger partial charge in [-0.15, -0.1) is 0 Å². The van der Waals surface area contributed by atoms with Crippen molar-refractivity contribution in [1.29, 1.82) is 0 Å². The number of pyridine rings is 1. The van der Waals surface area contributed by atoms with Gasteiger partial charge in [0.1, 0.15) is 5.15 Å². The van der Waals surface area contributed by atoms with Crippen LogP contribution in [-0.4, -0.2) is 29.1 Å². The van der Waals surface area contributed by atoms with Crippen LogP contribution in [-0.2, 0) is 0 Å². The predicted molar refractivity (Wildman–Crippen MR) is 74.0 cm³/mol. The third kappa shape index (κ3) is 3.16. The lowest BCUT2D eigenvalue weighted by atomic mass is 9.87. The molecule has 1 amide bonds. The number of nitrogen functional groups attached to an aromatic ring is 1. The van der Waals surface area contributed by atoms with E-state index in [4.69, 9.17) is 17.3 Å². The van der Waals surface area contributed by atoms with Crippen LogP contribution in [0.25, 0.3) is 0 Å². The van der Waals surface area contributed by atoms with E-state index in [9.17, 15) is 9.90 Å². The Balaban J connectivity index is 2.03. The highest BCUT2D eigenvalue weighted by Crippen LogP contribution is 2.36. The second kappa shape index (κ2) is 5.75. The zero-order chi connectivity index (χ0) is 13.9. The van der Waals surface area contributed by atoms with Crippen LogP contribution in [0, 0.1) is 5.41 Å². The molecule has 5 nitrogen and oxygen atoms in total. The highest BCUT2D eigenvalue weighted by Gasteiger charge is 2.33. The van der Waals surface area contributed by atoms with Crippen molar-refractivity contribution in [2.75, 3.05) is 18.9 Å². The van der Waals surface area contributed by atoms with E-state index in [0.29, 0.717) is 17.8 Å². The molecular formula is C13H18ClN3O2. The minimum atomic E-state index is -0.276. The Morgan fingerprint density at radius 3 is 2.84 bits per heavy atom. The van der Waals surface area contributed by atoms with Gasteiger partial charge in [-0.2, -0.15) is 0 Å². The van der Waals surface area contributed by atoms with E-state index < -0.39 is 0 Å². The minimum absolute atomic E-state index is 0.0971. The van der Waals surface area contributed by atoms with Gasteiger partial charge < -0.3 is 16.2 Å². The van der Waals surface area contributed by atoms with Gasteiger partial charge in [0.05, 0.1) is 24.1 Å². The van der Waals surface area contributed by atoms with Gasteiger partial charge in [0.25, 0.3) is 5.91 Å². The molecule has 0 atom stereocenters. The lowest BCUT2D eigenvalue weighted by Crippen LogP contribution is -2.38. The number of nitrogens with two attached hydrogens (primary N) is 1. The first kappa shape index (κ1) is 14.1. The van der Waals surface area contributed by atoms with E-state index >= 15 is 0 Å². The van der Waals surface area contributed by atoms with Crippen molar-refractivity contribution in [2.45, 2.75) is 25.7 Å². The normalized spacial score (nSPS) is 17.4. The SMILES string of the molecule is Nc1cnc(Cl)cc1C(=O)NCC1(CO)CCCC1. The zero-order valence-electron chi connectivity index (χ0n) is 10.7. The van der Waals surface area contributed by atoms with Crippen LogP contribution in [0.2, 0.25) is 5.15 Å². The molecule has 1 fully saturated rings. The molecule has 0 aliphatic heterocycles. The maximum absolute atomic E-state index is 12.1. The van der Waals surface area contributed by atoms with E-state index in [1.54, 1.807) is 0 Å². The summed E-state index contributed by atoms with van der Waals surface area (Å²) in [5.41, 5.74) is 6.15. The number of aliphatic hydroxyl groups excluding tert-OH is 1. The van der Waals surface area contributed by atoms with Gasteiger partial charge in [0.2, 0.25) is 0 Å². The fourth-order valence-electron chi connectivity index (χ4n) is 2.52. The first-order valence-corrected chi connectivity index (χ1v) is 6.74. The maximum Gasteiger partial charge on any atom is 0.253 e. The van der Waals surface area contributed by atoms with Crippen molar-refractivity contribution >= 4 is 23.2 Å². The third-order valence-corrected chi connectivity index (χ3v) is 3.98. The minimum Gasteiger partial charge on any atom is -0.397 e. The van der Waals surface area contributed by atoms with Crippen molar-refractivity contribution in [2.24, 2.45) is 5.41 Å². The Bertz CT molecular complexity index is 473. The third-order valence-electron chi connectivity index (χ3n) is 3.77. The average molecular weight is 284 g/mol. The molecule has 0 radical (unpaired) electrons. The molecule has 104 valence electrons. The molecule has 2 rings (SSSR count). The Morgan fingerprint density at radius 1 is 1.53 bits per heavy atom. The molecule has 0 bridgehead atoms. The van der Waals surface area contributed by atoms with Gasteiger partial charge in [-0.3, -0.25) is 4.79 Å². The van der Waals surface area contributed by atoms with Gasteiger partial charge in [-0.05, 0) is 18.9 Å². The van der Waals surface area contributed by atoms with Gasteiger partial charge in [0, 0.05) is 12.0 Å². The van der Waals surface area contributed by atoms with Crippen LogP contribution >= 0.6 is 11.6 Å². The van der Waals surface area contributed by atoms with Gasteiger partial charge >= 0.3 is 0 Å². The number of hydrogen-bond donors (Lipinski definition) is 3. The van der Waals surface area contributed by atoms with Gasteiger partial charge in [-0.25, -0.2) is 4.98 Å². The number of amides is 1. The monoisotopic (exact) mass is 283 g/mol. The predicted octanol–water partition coefficient (Wildman–Crippen LogP) is 1.60. The average Bonchev–Trinajstić information content (AvgIpc) is 2.88. The van der Waals surface area contributed by atoms with Gasteiger partial charge in [-0.1, -0.05) is 24.4 Å². The smallest absolute Gasteiger partial charge is 0.253 e. The van der Waals surface area contributed by atoms with Crippen molar-refractivity contribution < 1.29 is 9.90 Å². The molecule has 0 unspecified atom stereocenters. The summed E-state index contributed by atoms with van der Waals surface area (Å²) in [7, 11) is 0. The Kier molecular flexibility index (Phi) is 4.27. The van der Waals surface area contributed by atoms with Crippen molar-refractivity contribution in [3.8, 4) is 0 Å². The molecule has 1 heterocycles. The second-order valence-corrected chi connectivity index (χ2v) is 5.53. The highest BCUT2D eigenvalue weighted by molar-refractivity contribution is 6.29. The van der Waals surface area contributed by atoms with E-state index in [2.05, 4.69) is 10.3 Å². The van der Waals surface area contributed by atoms with Crippen molar-refractivity contribution in [3.05, 3.63) is 23.0 Å². The Morgan fingerprint density at radius 2 is 2.21 bits per heavy atom. The zero-order valence-corrected chi connectivity index (χ0v) is 11.4. The summed E-state index contributed by atoms with van der Waals surface area (Å²) in [4.78, 5) is 15.9. The quantitative estimate of drug-likeness (QED) is 0.732. The number of halogens is 1. The van der Waals surface area contributed by atoms with Crippen LogP contribution in [0.3, 0.4) is 0 Å². The summed E-state index contributed by atoms with van der Waals surface area (Å²) in [6.07, 6.45) is 5.45. The molecule has 1 aliphatic carbocycles. The highest BCUT2D eigenvalue weighted by atomic mass is 35.5.